The molecule has 0 radical (unpaired) electrons. The molecule has 2 fully saturated rings. The molecular formula is C15H28N2O. The summed E-state index contributed by atoms with van der Waals surface area (Å²) in [5.74, 6) is 1.97. The topological polar surface area (TPSA) is 55.1 Å². The molecule has 1 amide bonds. The Morgan fingerprint density at radius 1 is 1.17 bits per heavy atom. The molecule has 4 atom stereocenters. The van der Waals surface area contributed by atoms with Gasteiger partial charge in [0.2, 0.25) is 5.91 Å². The van der Waals surface area contributed by atoms with E-state index < -0.39 is 0 Å². The van der Waals surface area contributed by atoms with Gasteiger partial charge >= 0.3 is 0 Å². The van der Waals surface area contributed by atoms with E-state index in [-0.39, 0.29) is 17.9 Å². The lowest BCUT2D eigenvalue weighted by Crippen LogP contribution is -2.42. The smallest absolute Gasteiger partial charge is 0.223 e. The van der Waals surface area contributed by atoms with Crippen LogP contribution in [0.15, 0.2) is 0 Å². The van der Waals surface area contributed by atoms with E-state index in [1.807, 2.05) is 0 Å². The molecule has 0 aliphatic heterocycles. The van der Waals surface area contributed by atoms with Gasteiger partial charge in [-0.3, -0.25) is 4.79 Å². The molecule has 4 unspecified atom stereocenters. The second kappa shape index (κ2) is 6.05. The molecule has 3 heteroatoms. The third kappa shape index (κ3) is 3.47. The third-order valence-corrected chi connectivity index (χ3v) is 4.85. The first-order chi connectivity index (χ1) is 8.56. The number of rotatable bonds is 3. The zero-order chi connectivity index (χ0) is 13.1. The molecule has 2 saturated carbocycles. The van der Waals surface area contributed by atoms with Crippen molar-refractivity contribution in [2.45, 2.75) is 70.9 Å². The number of hydrogen-bond donors (Lipinski definition) is 2. The number of carbonyl (C=O) groups is 1. The van der Waals surface area contributed by atoms with Crippen LogP contribution in [0.5, 0.6) is 0 Å². The quantitative estimate of drug-likeness (QED) is 0.810. The van der Waals surface area contributed by atoms with Crippen molar-refractivity contribution in [3.05, 3.63) is 0 Å². The highest BCUT2D eigenvalue weighted by Gasteiger charge is 2.31. The number of hydrogen-bond acceptors (Lipinski definition) is 2. The van der Waals surface area contributed by atoms with E-state index in [0.717, 1.165) is 37.5 Å². The van der Waals surface area contributed by atoms with Gasteiger partial charge in [0, 0.05) is 18.0 Å². The molecule has 0 saturated heterocycles. The van der Waals surface area contributed by atoms with Crippen molar-refractivity contribution >= 4 is 5.91 Å². The van der Waals surface area contributed by atoms with Gasteiger partial charge in [-0.15, -0.1) is 0 Å². The van der Waals surface area contributed by atoms with E-state index in [1.165, 1.54) is 19.3 Å². The van der Waals surface area contributed by atoms with Gasteiger partial charge in [-0.1, -0.05) is 26.7 Å². The van der Waals surface area contributed by atoms with Gasteiger partial charge in [0.15, 0.2) is 0 Å². The summed E-state index contributed by atoms with van der Waals surface area (Å²) in [6.07, 6.45) is 7.79. The Hall–Kier alpha value is -0.570. The van der Waals surface area contributed by atoms with Crippen molar-refractivity contribution in [1.82, 2.24) is 5.32 Å². The third-order valence-electron chi connectivity index (χ3n) is 4.85. The van der Waals surface area contributed by atoms with Crippen LogP contribution >= 0.6 is 0 Å². The van der Waals surface area contributed by atoms with Gasteiger partial charge in [-0.2, -0.15) is 0 Å². The van der Waals surface area contributed by atoms with Crippen molar-refractivity contribution in [3.8, 4) is 0 Å². The Labute approximate surface area is 111 Å². The van der Waals surface area contributed by atoms with E-state index in [0.29, 0.717) is 6.04 Å². The maximum absolute atomic E-state index is 12.2. The lowest BCUT2D eigenvalue weighted by Gasteiger charge is -2.32. The lowest BCUT2D eigenvalue weighted by atomic mass is 9.79. The molecule has 0 aromatic rings. The van der Waals surface area contributed by atoms with Crippen LogP contribution in [0.1, 0.15) is 58.8 Å². The van der Waals surface area contributed by atoms with Gasteiger partial charge < -0.3 is 11.1 Å². The van der Waals surface area contributed by atoms with Crippen LogP contribution in [-0.4, -0.2) is 18.0 Å². The largest absolute Gasteiger partial charge is 0.353 e. The van der Waals surface area contributed by atoms with Crippen molar-refractivity contribution in [2.75, 3.05) is 0 Å². The molecular weight excluding hydrogens is 224 g/mol. The fraction of sp³-hybridized carbons (Fsp3) is 0.933. The first-order valence-electron chi connectivity index (χ1n) is 7.62. The predicted molar refractivity (Wildman–Crippen MR) is 74.0 cm³/mol. The minimum absolute atomic E-state index is 0.180. The number of amides is 1. The summed E-state index contributed by atoms with van der Waals surface area (Å²) in [7, 11) is 0. The van der Waals surface area contributed by atoms with Crippen LogP contribution in [0.25, 0.3) is 0 Å². The summed E-state index contributed by atoms with van der Waals surface area (Å²) in [6, 6.07) is 0.658. The number of nitrogens with two attached hydrogens (primary N) is 1. The van der Waals surface area contributed by atoms with Crippen LogP contribution in [0.4, 0.5) is 0 Å². The van der Waals surface area contributed by atoms with E-state index in [9.17, 15) is 4.79 Å². The highest BCUT2D eigenvalue weighted by atomic mass is 16.1. The Kier molecular flexibility index (Phi) is 4.66. The molecule has 3 N–H and O–H groups in total. The molecule has 104 valence electrons. The minimum atomic E-state index is 0.180. The summed E-state index contributed by atoms with van der Waals surface area (Å²) >= 11 is 0. The Bertz CT molecular complexity index is 290. The first kappa shape index (κ1) is 13.9. The highest BCUT2D eigenvalue weighted by molar-refractivity contribution is 5.79. The van der Waals surface area contributed by atoms with Crippen molar-refractivity contribution in [3.63, 3.8) is 0 Å². The second-order valence-corrected chi connectivity index (χ2v) is 6.65. The normalized spacial score (nSPS) is 36.9. The molecule has 0 aromatic heterocycles. The molecule has 2 aliphatic carbocycles. The molecule has 2 aliphatic rings. The SMILES string of the molecule is CC(C)C1CCCC(NC(=O)C2CCC(N)C2)C1. The van der Waals surface area contributed by atoms with Crippen molar-refractivity contribution < 1.29 is 4.79 Å². The summed E-state index contributed by atoms with van der Waals surface area (Å²) in [5.41, 5.74) is 5.88. The van der Waals surface area contributed by atoms with Crippen molar-refractivity contribution in [2.24, 2.45) is 23.5 Å². The van der Waals surface area contributed by atoms with E-state index in [2.05, 4.69) is 19.2 Å². The van der Waals surface area contributed by atoms with E-state index >= 15 is 0 Å². The van der Waals surface area contributed by atoms with E-state index in [1.54, 1.807) is 0 Å². The maximum Gasteiger partial charge on any atom is 0.223 e. The lowest BCUT2D eigenvalue weighted by molar-refractivity contribution is -0.125. The molecule has 0 heterocycles. The summed E-state index contributed by atoms with van der Waals surface area (Å²) in [6.45, 7) is 4.59. The fourth-order valence-electron chi connectivity index (χ4n) is 3.54. The van der Waals surface area contributed by atoms with E-state index in [4.69, 9.17) is 5.73 Å². The number of carbonyl (C=O) groups excluding carboxylic acids is 1. The molecule has 2 rings (SSSR count). The van der Waals surface area contributed by atoms with Crippen LogP contribution < -0.4 is 11.1 Å². The van der Waals surface area contributed by atoms with Gasteiger partial charge in [0.1, 0.15) is 0 Å². The van der Waals surface area contributed by atoms with Gasteiger partial charge in [-0.25, -0.2) is 0 Å². The molecule has 18 heavy (non-hydrogen) atoms. The number of nitrogens with one attached hydrogen (secondary N) is 1. The average Bonchev–Trinajstić information content (AvgIpc) is 2.76. The zero-order valence-electron chi connectivity index (χ0n) is 11.8. The van der Waals surface area contributed by atoms with Gasteiger partial charge in [0.25, 0.3) is 0 Å². The zero-order valence-corrected chi connectivity index (χ0v) is 11.8. The Morgan fingerprint density at radius 2 is 1.94 bits per heavy atom. The summed E-state index contributed by atoms with van der Waals surface area (Å²) < 4.78 is 0. The van der Waals surface area contributed by atoms with Crippen LogP contribution in [0.3, 0.4) is 0 Å². The molecule has 0 aromatic carbocycles. The summed E-state index contributed by atoms with van der Waals surface area (Å²) in [4.78, 5) is 12.2. The van der Waals surface area contributed by atoms with Crippen LogP contribution in [0.2, 0.25) is 0 Å². The van der Waals surface area contributed by atoms with Gasteiger partial charge in [-0.05, 0) is 43.9 Å². The standard InChI is InChI=1S/C15H28N2O/c1-10(2)11-4-3-5-14(9-11)17-15(18)12-6-7-13(16)8-12/h10-14H,3-9,16H2,1-2H3,(H,17,18). The van der Waals surface area contributed by atoms with Crippen molar-refractivity contribution in [1.29, 1.82) is 0 Å². The fourth-order valence-corrected chi connectivity index (χ4v) is 3.54. The predicted octanol–water partition coefficient (Wildman–Crippen LogP) is 2.44. The average molecular weight is 252 g/mol. The Balaban J connectivity index is 1.80. The highest BCUT2D eigenvalue weighted by Crippen LogP contribution is 2.31. The van der Waals surface area contributed by atoms with Crippen LogP contribution in [0, 0.1) is 17.8 Å². The maximum atomic E-state index is 12.2. The molecule has 0 spiro atoms. The Morgan fingerprint density at radius 3 is 2.56 bits per heavy atom. The first-order valence-corrected chi connectivity index (χ1v) is 7.62. The molecule has 3 nitrogen and oxygen atoms in total. The monoisotopic (exact) mass is 252 g/mol. The van der Waals surface area contributed by atoms with Crippen LogP contribution in [-0.2, 0) is 4.79 Å². The molecule has 0 bridgehead atoms. The van der Waals surface area contributed by atoms with Gasteiger partial charge in [0.05, 0.1) is 0 Å². The minimum Gasteiger partial charge on any atom is -0.353 e. The summed E-state index contributed by atoms with van der Waals surface area (Å²) in [5, 5.41) is 3.27. The second-order valence-electron chi connectivity index (χ2n) is 6.65.